The minimum atomic E-state index is -0.0544. The summed E-state index contributed by atoms with van der Waals surface area (Å²) >= 11 is 3.46. The maximum absolute atomic E-state index is 12.0. The number of fused-ring (bicyclic) bond motifs is 1. The first kappa shape index (κ1) is 15.7. The number of ether oxygens (including phenoxy) is 2. The van der Waals surface area contributed by atoms with Crippen molar-refractivity contribution in [3.8, 4) is 11.5 Å². The van der Waals surface area contributed by atoms with Crippen LogP contribution in [-0.4, -0.2) is 25.7 Å². The summed E-state index contributed by atoms with van der Waals surface area (Å²) in [4.78, 5) is 12.0. The van der Waals surface area contributed by atoms with Gasteiger partial charge in [-0.25, -0.2) is 0 Å². The molecule has 0 saturated heterocycles. The Morgan fingerprint density at radius 1 is 1.09 bits per heavy atom. The lowest BCUT2D eigenvalue weighted by molar-refractivity contribution is -0.115. The van der Waals surface area contributed by atoms with Gasteiger partial charge in [0.1, 0.15) is 13.2 Å². The number of rotatable bonds is 5. The van der Waals surface area contributed by atoms with E-state index < -0.39 is 0 Å². The Balaban J connectivity index is 1.50. The third kappa shape index (κ3) is 4.16. The number of carbonyl (C=O) groups excluding carboxylic acids is 1. The van der Waals surface area contributed by atoms with Gasteiger partial charge in [-0.1, -0.05) is 12.1 Å². The zero-order valence-electron chi connectivity index (χ0n) is 12.5. The molecule has 0 radical (unpaired) electrons. The van der Waals surface area contributed by atoms with Gasteiger partial charge in [0, 0.05) is 34.9 Å². The highest BCUT2D eigenvalue weighted by Gasteiger charge is 2.12. The molecule has 2 N–H and O–H groups in total. The van der Waals surface area contributed by atoms with E-state index >= 15 is 0 Å². The fourth-order valence-corrected chi connectivity index (χ4v) is 2.68. The third-order valence-corrected chi connectivity index (χ3v) is 4.06. The molecule has 1 heterocycles. The highest BCUT2D eigenvalue weighted by Crippen LogP contribution is 2.32. The summed E-state index contributed by atoms with van der Waals surface area (Å²) in [7, 11) is 0. The lowest BCUT2D eigenvalue weighted by Crippen LogP contribution is -2.18. The Labute approximate surface area is 143 Å². The normalized spacial score (nSPS) is 12.6. The van der Waals surface area contributed by atoms with Crippen LogP contribution in [0.1, 0.15) is 6.42 Å². The Morgan fingerprint density at radius 3 is 2.70 bits per heavy atom. The molecule has 1 aliphatic rings. The van der Waals surface area contributed by atoms with E-state index in [2.05, 4.69) is 26.6 Å². The van der Waals surface area contributed by atoms with Crippen LogP contribution in [0.3, 0.4) is 0 Å². The van der Waals surface area contributed by atoms with Crippen LogP contribution in [0.5, 0.6) is 11.5 Å². The van der Waals surface area contributed by atoms with Crippen LogP contribution in [0.2, 0.25) is 0 Å². The Kier molecular flexibility index (Phi) is 5.02. The monoisotopic (exact) mass is 376 g/mol. The second kappa shape index (κ2) is 7.37. The first-order valence-electron chi connectivity index (χ1n) is 7.40. The van der Waals surface area contributed by atoms with Crippen molar-refractivity contribution in [2.45, 2.75) is 6.42 Å². The molecule has 0 bridgehead atoms. The van der Waals surface area contributed by atoms with Gasteiger partial charge in [-0.3, -0.25) is 4.79 Å². The second-order valence-corrected chi connectivity index (χ2v) is 5.92. The number of anilines is 2. The number of benzene rings is 2. The smallest absolute Gasteiger partial charge is 0.226 e. The highest BCUT2D eigenvalue weighted by atomic mass is 79.9. The summed E-state index contributed by atoms with van der Waals surface area (Å²) in [6.45, 7) is 1.64. The number of carbonyl (C=O) groups is 1. The average Bonchev–Trinajstić information content (AvgIpc) is 2.56. The summed E-state index contributed by atoms with van der Waals surface area (Å²) < 4.78 is 11.9. The van der Waals surface area contributed by atoms with Gasteiger partial charge in [-0.2, -0.15) is 0 Å². The molecule has 120 valence electrons. The molecular formula is C17H17BrN2O3. The fraction of sp³-hybridized carbons (Fsp3) is 0.235. The van der Waals surface area contributed by atoms with Crippen molar-refractivity contribution in [3.05, 3.63) is 46.9 Å². The van der Waals surface area contributed by atoms with Crippen LogP contribution in [0.15, 0.2) is 46.9 Å². The molecule has 3 rings (SSSR count). The van der Waals surface area contributed by atoms with E-state index in [4.69, 9.17) is 9.47 Å². The van der Waals surface area contributed by atoms with Crippen molar-refractivity contribution in [3.63, 3.8) is 0 Å². The van der Waals surface area contributed by atoms with Crippen LogP contribution < -0.4 is 20.1 Å². The van der Waals surface area contributed by atoms with E-state index in [9.17, 15) is 4.79 Å². The highest BCUT2D eigenvalue weighted by molar-refractivity contribution is 9.10. The Morgan fingerprint density at radius 2 is 1.87 bits per heavy atom. The molecule has 0 saturated carbocycles. The van der Waals surface area contributed by atoms with Crippen LogP contribution in [0.4, 0.5) is 11.4 Å². The molecule has 0 fully saturated rings. The number of amides is 1. The van der Waals surface area contributed by atoms with Gasteiger partial charge in [0.05, 0.1) is 0 Å². The van der Waals surface area contributed by atoms with Gasteiger partial charge in [0.25, 0.3) is 0 Å². The lowest BCUT2D eigenvalue weighted by atomic mass is 10.2. The first-order valence-corrected chi connectivity index (χ1v) is 8.19. The molecule has 1 amide bonds. The minimum Gasteiger partial charge on any atom is -0.486 e. The maximum Gasteiger partial charge on any atom is 0.226 e. The van der Waals surface area contributed by atoms with E-state index in [1.807, 2.05) is 36.4 Å². The maximum atomic E-state index is 12.0. The van der Waals surface area contributed by atoms with Gasteiger partial charge in [0.15, 0.2) is 11.5 Å². The van der Waals surface area contributed by atoms with E-state index in [1.165, 1.54) is 0 Å². The topological polar surface area (TPSA) is 59.6 Å². The van der Waals surface area contributed by atoms with Crippen LogP contribution in [0.25, 0.3) is 0 Å². The van der Waals surface area contributed by atoms with E-state index in [1.54, 1.807) is 6.07 Å². The molecule has 5 nitrogen and oxygen atoms in total. The fourth-order valence-electron chi connectivity index (χ4n) is 2.26. The summed E-state index contributed by atoms with van der Waals surface area (Å²) in [6, 6.07) is 13.2. The molecule has 1 aliphatic heterocycles. The summed E-state index contributed by atoms with van der Waals surface area (Å²) in [6.07, 6.45) is 0.371. The number of hydrogen-bond donors (Lipinski definition) is 2. The number of para-hydroxylation sites is 1. The summed E-state index contributed by atoms with van der Waals surface area (Å²) in [5.41, 5.74) is 1.68. The van der Waals surface area contributed by atoms with Gasteiger partial charge in [0.2, 0.25) is 5.91 Å². The predicted octanol–water partition coefficient (Wildman–Crippen LogP) is 3.66. The molecule has 23 heavy (non-hydrogen) atoms. The molecular weight excluding hydrogens is 360 g/mol. The van der Waals surface area contributed by atoms with Crippen molar-refractivity contribution in [1.82, 2.24) is 0 Å². The molecule has 0 aliphatic carbocycles. The van der Waals surface area contributed by atoms with Crippen LogP contribution >= 0.6 is 15.9 Å². The quantitative estimate of drug-likeness (QED) is 0.835. The number of hydrogen-bond acceptors (Lipinski definition) is 4. The number of halogens is 1. The average molecular weight is 377 g/mol. The lowest BCUT2D eigenvalue weighted by Gasteiger charge is -2.19. The van der Waals surface area contributed by atoms with Gasteiger partial charge in [-0.05, 0) is 40.2 Å². The molecule has 2 aromatic carbocycles. The van der Waals surface area contributed by atoms with Gasteiger partial charge >= 0.3 is 0 Å². The summed E-state index contributed by atoms with van der Waals surface area (Å²) in [5, 5.41) is 6.09. The van der Waals surface area contributed by atoms with Gasteiger partial charge in [-0.15, -0.1) is 0 Å². The van der Waals surface area contributed by atoms with E-state index in [0.29, 0.717) is 43.4 Å². The zero-order chi connectivity index (χ0) is 16.1. The predicted molar refractivity (Wildman–Crippen MR) is 93.3 cm³/mol. The molecule has 0 spiro atoms. The minimum absolute atomic E-state index is 0.0544. The van der Waals surface area contributed by atoms with Crippen molar-refractivity contribution in [1.29, 1.82) is 0 Å². The van der Waals surface area contributed by atoms with Crippen molar-refractivity contribution < 1.29 is 14.3 Å². The molecule has 6 heteroatoms. The standard InChI is InChI=1S/C17H17BrN2O3/c18-13-3-1-2-4-14(13)19-8-7-17(21)20-12-5-6-15-16(11-12)23-10-9-22-15/h1-6,11,19H,7-10H2,(H,20,21). The van der Waals surface area contributed by atoms with E-state index in [-0.39, 0.29) is 5.91 Å². The Hall–Kier alpha value is -2.21. The van der Waals surface area contributed by atoms with Crippen molar-refractivity contribution in [2.75, 3.05) is 30.4 Å². The molecule has 0 unspecified atom stereocenters. The van der Waals surface area contributed by atoms with E-state index in [0.717, 1.165) is 10.2 Å². The van der Waals surface area contributed by atoms with Gasteiger partial charge < -0.3 is 20.1 Å². The molecule has 0 aromatic heterocycles. The van der Waals surface area contributed by atoms with Crippen LogP contribution in [0, 0.1) is 0 Å². The third-order valence-electron chi connectivity index (χ3n) is 3.37. The summed E-state index contributed by atoms with van der Waals surface area (Å²) in [5.74, 6) is 1.33. The van der Waals surface area contributed by atoms with Crippen molar-refractivity contribution >= 4 is 33.2 Å². The number of nitrogens with one attached hydrogen (secondary N) is 2. The van der Waals surface area contributed by atoms with Crippen LogP contribution in [-0.2, 0) is 4.79 Å². The second-order valence-electron chi connectivity index (χ2n) is 5.06. The Bertz CT molecular complexity index is 706. The zero-order valence-corrected chi connectivity index (χ0v) is 14.1. The van der Waals surface area contributed by atoms with Crippen molar-refractivity contribution in [2.24, 2.45) is 0 Å². The molecule has 2 aromatic rings. The molecule has 0 atom stereocenters. The SMILES string of the molecule is O=C(CCNc1ccccc1Br)Nc1ccc2c(c1)OCCO2. The largest absolute Gasteiger partial charge is 0.486 e. The first-order chi connectivity index (χ1) is 11.2.